The largest absolute Gasteiger partial charge is 0.349 e. The molecule has 2 rings (SSSR count). The summed E-state index contributed by atoms with van der Waals surface area (Å²) in [5, 5.41) is 6.31. The number of rotatable bonds is 3. The number of nitrogens with one attached hydrogen (secondary N) is 2. The highest BCUT2D eigenvalue weighted by molar-refractivity contribution is 5.80. The van der Waals surface area contributed by atoms with Crippen LogP contribution in [-0.4, -0.2) is 24.0 Å². The number of carbonyl (C=O) groups is 1. The monoisotopic (exact) mass is 233 g/mol. The third-order valence-electron chi connectivity index (χ3n) is 3.42. The maximum absolute atomic E-state index is 12.1. The predicted octanol–water partition coefficient (Wildman–Crippen LogP) is 1.11. The van der Waals surface area contributed by atoms with Crippen molar-refractivity contribution in [2.75, 3.05) is 13.1 Å². The highest BCUT2D eigenvalue weighted by Gasteiger charge is 2.30. The van der Waals surface area contributed by atoms with E-state index in [0.29, 0.717) is 5.92 Å². The highest BCUT2D eigenvalue weighted by atomic mass is 16.2. The van der Waals surface area contributed by atoms with Gasteiger partial charge >= 0.3 is 0 Å². The van der Waals surface area contributed by atoms with Gasteiger partial charge in [-0.15, -0.1) is 0 Å². The van der Waals surface area contributed by atoms with E-state index in [1.54, 1.807) is 12.4 Å². The molecule has 2 heterocycles. The molecular formula is C13H19N3O. The van der Waals surface area contributed by atoms with Gasteiger partial charge in [0.1, 0.15) is 0 Å². The SMILES string of the molecule is CC(NC(=O)[C@@H]1CNC[C@H]1C)c1ccncc1. The number of carbonyl (C=O) groups excluding carboxylic acids is 1. The Balaban J connectivity index is 1.95. The van der Waals surface area contributed by atoms with Crippen molar-refractivity contribution < 1.29 is 4.79 Å². The second kappa shape index (κ2) is 5.27. The highest BCUT2D eigenvalue weighted by Crippen LogP contribution is 2.18. The molecule has 0 radical (unpaired) electrons. The van der Waals surface area contributed by atoms with E-state index in [1.165, 1.54) is 0 Å². The van der Waals surface area contributed by atoms with E-state index in [1.807, 2.05) is 19.1 Å². The number of nitrogens with zero attached hydrogens (tertiary/aromatic N) is 1. The lowest BCUT2D eigenvalue weighted by Crippen LogP contribution is -2.35. The molecule has 1 aromatic rings. The molecule has 1 aliphatic heterocycles. The van der Waals surface area contributed by atoms with Gasteiger partial charge in [0.05, 0.1) is 12.0 Å². The lowest BCUT2D eigenvalue weighted by molar-refractivity contribution is -0.126. The van der Waals surface area contributed by atoms with Gasteiger partial charge in [-0.05, 0) is 37.1 Å². The number of pyridine rings is 1. The van der Waals surface area contributed by atoms with Gasteiger partial charge in [0.15, 0.2) is 0 Å². The van der Waals surface area contributed by atoms with Crippen molar-refractivity contribution >= 4 is 5.91 Å². The molecule has 2 N–H and O–H groups in total. The summed E-state index contributed by atoms with van der Waals surface area (Å²) in [5.74, 6) is 0.658. The van der Waals surface area contributed by atoms with Crippen LogP contribution in [0.2, 0.25) is 0 Å². The van der Waals surface area contributed by atoms with E-state index >= 15 is 0 Å². The smallest absolute Gasteiger partial charge is 0.225 e. The van der Waals surface area contributed by atoms with Crippen LogP contribution in [0.1, 0.15) is 25.5 Å². The van der Waals surface area contributed by atoms with Gasteiger partial charge in [-0.1, -0.05) is 6.92 Å². The van der Waals surface area contributed by atoms with E-state index in [0.717, 1.165) is 18.7 Å². The van der Waals surface area contributed by atoms with Crippen molar-refractivity contribution in [3.8, 4) is 0 Å². The molecule has 1 fully saturated rings. The minimum atomic E-state index is 0.0401. The molecule has 17 heavy (non-hydrogen) atoms. The van der Waals surface area contributed by atoms with Crippen LogP contribution in [0.15, 0.2) is 24.5 Å². The minimum Gasteiger partial charge on any atom is -0.349 e. The number of amides is 1. The lowest BCUT2D eigenvalue weighted by atomic mass is 9.96. The quantitative estimate of drug-likeness (QED) is 0.822. The van der Waals surface area contributed by atoms with Gasteiger partial charge in [0, 0.05) is 18.9 Å². The van der Waals surface area contributed by atoms with Crippen LogP contribution < -0.4 is 10.6 Å². The Hall–Kier alpha value is -1.42. The fourth-order valence-electron chi connectivity index (χ4n) is 2.22. The van der Waals surface area contributed by atoms with Gasteiger partial charge in [0.25, 0.3) is 0 Å². The van der Waals surface area contributed by atoms with Crippen molar-refractivity contribution in [1.82, 2.24) is 15.6 Å². The molecular weight excluding hydrogens is 214 g/mol. The van der Waals surface area contributed by atoms with Crippen LogP contribution in [0.25, 0.3) is 0 Å². The molecule has 0 spiro atoms. The summed E-state index contributed by atoms with van der Waals surface area (Å²) in [7, 11) is 0. The summed E-state index contributed by atoms with van der Waals surface area (Å²) in [6.07, 6.45) is 3.50. The van der Waals surface area contributed by atoms with Gasteiger partial charge in [0.2, 0.25) is 5.91 Å². The molecule has 1 aliphatic rings. The molecule has 0 aliphatic carbocycles. The molecule has 1 amide bonds. The number of aromatic nitrogens is 1. The Kier molecular flexibility index (Phi) is 3.74. The topological polar surface area (TPSA) is 54.0 Å². The van der Waals surface area contributed by atoms with Crippen LogP contribution in [0.4, 0.5) is 0 Å². The van der Waals surface area contributed by atoms with Crippen molar-refractivity contribution in [3.05, 3.63) is 30.1 Å². The summed E-state index contributed by atoms with van der Waals surface area (Å²) in [5.41, 5.74) is 1.09. The maximum atomic E-state index is 12.1. The second-order valence-corrected chi connectivity index (χ2v) is 4.75. The Morgan fingerprint density at radius 2 is 2.18 bits per heavy atom. The number of hydrogen-bond acceptors (Lipinski definition) is 3. The molecule has 1 unspecified atom stereocenters. The first kappa shape index (κ1) is 12.0. The Morgan fingerprint density at radius 1 is 1.47 bits per heavy atom. The van der Waals surface area contributed by atoms with Gasteiger partial charge in [-0.3, -0.25) is 9.78 Å². The zero-order chi connectivity index (χ0) is 12.3. The Bertz CT molecular complexity index is 380. The first-order valence-electron chi connectivity index (χ1n) is 6.09. The van der Waals surface area contributed by atoms with Crippen molar-refractivity contribution in [1.29, 1.82) is 0 Å². The van der Waals surface area contributed by atoms with Gasteiger partial charge < -0.3 is 10.6 Å². The van der Waals surface area contributed by atoms with E-state index in [-0.39, 0.29) is 17.9 Å². The van der Waals surface area contributed by atoms with Crippen LogP contribution in [-0.2, 0) is 4.79 Å². The molecule has 4 heteroatoms. The molecule has 0 saturated carbocycles. The van der Waals surface area contributed by atoms with E-state index in [4.69, 9.17) is 0 Å². The predicted molar refractivity (Wildman–Crippen MR) is 66.3 cm³/mol. The first-order valence-corrected chi connectivity index (χ1v) is 6.09. The summed E-state index contributed by atoms with van der Waals surface area (Å²) in [6.45, 7) is 5.83. The molecule has 1 saturated heterocycles. The Morgan fingerprint density at radius 3 is 2.76 bits per heavy atom. The van der Waals surface area contributed by atoms with Crippen LogP contribution >= 0.6 is 0 Å². The minimum absolute atomic E-state index is 0.0401. The zero-order valence-corrected chi connectivity index (χ0v) is 10.3. The van der Waals surface area contributed by atoms with Crippen LogP contribution in [0, 0.1) is 11.8 Å². The fourth-order valence-corrected chi connectivity index (χ4v) is 2.22. The maximum Gasteiger partial charge on any atom is 0.225 e. The van der Waals surface area contributed by atoms with Crippen LogP contribution in [0.5, 0.6) is 0 Å². The molecule has 0 bridgehead atoms. The average molecular weight is 233 g/mol. The van der Waals surface area contributed by atoms with Crippen molar-refractivity contribution in [2.45, 2.75) is 19.9 Å². The van der Waals surface area contributed by atoms with Crippen LogP contribution in [0.3, 0.4) is 0 Å². The molecule has 0 aromatic carbocycles. The normalized spacial score (nSPS) is 25.5. The lowest BCUT2D eigenvalue weighted by Gasteiger charge is -2.19. The van der Waals surface area contributed by atoms with E-state index in [2.05, 4.69) is 22.5 Å². The van der Waals surface area contributed by atoms with Gasteiger partial charge in [-0.25, -0.2) is 0 Å². The first-order chi connectivity index (χ1) is 8.18. The van der Waals surface area contributed by atoms with E-state index in [9.17, 15) is 4.79 Å². The van der Waals surface area contributed by atoms with Crippen molar-refractivity contribution in [2.24, 2.45) is 11.8 Å². The molecule has 3 atom stereocenters. The summed E-state index contributed by atoms with van der Waals surface area (Å²) in [4.78, 5) is 16.0. The molecule has 1 aromatic heterocycles. The third-order valence-corrected chi connectivity index (χ3v) is 3.42. The third kappa shape index (κ3) is 2.82. The number of hydrogen-bond donors (Lipinski definition) is 2. The Labute approximate surface area is 102 Å². The van der Waals surface area contributed by atoms with Gasteiger partial charge in [-0.2, -0.15) is 0 Å². The molecule has 4 nitrogen and oxygen atoms in total. The second-order valence-electron chi connectivity index (χ2n) is 4.75. The average Bonchev–Trinajstić information content (AvgIpc) is 2.76. The molecule has 92 valence electrons. The zero-order valence-electron chi connectivity index (χ0n) is 10.3. The summed E-state index contributed by atoms with van der Waals surface area (Å²) >= 11 is 0. The standard InChI is InChI=1S/C13H19N3O/c1-9-7-15-8-12(9)13(17)16-10(2)11-3-5-14-6-4-11/h3-6,9-10,12,15H,7-8H2,1-2H3,(H,16,17)/t9-,10?,12-/m1/s1. The van der Waals surface area contributed by atoms with E-state index < -0.39 is 0 Å². The summed E-state index contributed by atoms with van der Waals surface area (Å²) in [6, 6.07) is 3.90. The van der Waals surface area contributed by atoms with Crippen molar-refractivity contribution in [3.63, 3.8) is 0 Å². The summed E-state index contributed by atoms with van der Waals surface area (Å²) < 4.78 is 0. The fraction of sp³-hybridized carbons (Fsp3) is 0.538.